The van der Waals surface area contributed by atoms with Crippen molar-refractivity contribution in [3.05, 3.63) is 11.3 Å². The van der Waals surface area contributed by atoms with E-state index in [4.69, 9.17) is 5.41 Å². The van der Waals surface area contributed by atoms with Crippen molar-refractivity contribution in [3.63, 3.8) is 0 Å². The minimum atomic E-state index is -0.623. The SMILES string of the molecule is COC(=O)C1=C(O)C2CCCN2C1=N. The van der Waals surface area contributed by atoms with Gasteiger partial charge in [0.25, 0.3) is 0 Å². The highest BCUT2D eigenvalue weighted by molar-refractivity contribution is 6.19. The van der Waals surface area contributed by atoms with Crippen molar-refractivity contribution in [1.29, 1.82) is 5.41 Å². The van der Waals surface area contributed by atoms with E-state index in [0.717, 1.165) is 19.4 Å². The zero-order chi connectivity index (χ0) is 10.3. The van der Waals surface area contributed by atoms with Gasteiger partial charge in [0.1, 0.15) is 17.2 Å². The number of esters is 1. The van der Waals surface area contributed by atoms with Gasteiger partial charge in [-0.15, -0.1) is 0 Å². The molecule has 1 saturated heterocycles. The highest BCUT2D eigenvalue weighted by Crippen LogP contribution is 2.32. The van der Waals surface area contributed by atoms with E-state index in [9.17, 15) is 9.90 Å². The van der Waals surface area contributed by atoms with E-state index in [0.29, 0.717) is 0 Å². The van der Waals surface area contributed by atoms with Crippen LogP contribution in [-0.2, 0) is 9.53 Å². The second-order valence-electron chi connectivity index (χ2n) is 3.45. The van der Waals surface area contributed by atoms with Crippen molar-refractivity contribution in [1.82, 2.24) is 4.90 Å². The van der Waals surface area contributed by atoms with Gasteiger partial charge in [0.2, 0.25) is 0 Å². The first-order valence-electron chi connectivity index (χ1n) is 4.54. The van der Waals surface area contributed by atoms with Gasteiger partial charge in [0.15, 0.2) is 0 Å². The molecule has 5 heteroatoms. The van der Waals surface area contributed by atoms with Gasteiger partial charge < -0.3 is 14.7 Å². The van der Waals surface area contributed by atoms with Crippen LogP contribution in [0.4, 0.5) is 0 Å². The summed E-state index contributed by atoms with van der Waals surface area (Å²) < 4.78 is 4.52. The molecular weight excluding hydrogens is 184 g/mol. The zero-order valence-corrected chi connectivity index (χ0v) is 7.91. The molecule has 0 bridgehead atoms. The van der Waals surface area contributed by atoms with Crippen LogP contribution in [0.3, 0.4) is 0 Å². The Balaban J connectivity index is 2.36. The van der Waals surface area contributed by atoms with E-state index in [2.05, 4.69) is 4.74 Å². The number of hydrogen-bond acceptors (Lipinski definition) is 4. The number of aliphatic hydroxyl groups excluding tert-OH is 1. The minimum absolute atomic E-state index is 0.000602. The first-order chi connectivity index (χ1) is 6.66. The highest BCUT2D eigenvalue weighted by Gasteiger charge is 2.42. The van der Waals surface area contributed by atoms with E-state index in [-0.39, 0.29) is 23.2 Å². The van der Waals surface area contributed by atoms with Crippen molar-refractivity contribution in [2.45, 2.75) is 18.9 Å². The van der Waals surface area contributed by atoms with Crippen LogP contribution >= 0.6 is 0 Å². The number of amidine groups is 1. The number of fused-ring (bicyclic) bond motifs is 1. The van der Waals surface area contributed by atoms with Crippen LogP contribution in [0.2, 0.25) is 0 Å². The Bertz CT molecular complexity index is 335. The fraction of sp³-hybridized carbons (Fsp3) is 0.556. The molecule has 0 radical (unpaired) electrons. The lowest BCUT2D eigenvalue weighted by Gasteiger charge is -2.17. The maximum atomic E-state index is 11.3. The van der Waals surface area contributed by atoms with E-state index in [1.165, 1.54) is 7.11 Å². The number of methoxy groups -OCH3 is 1. The van der Waals surface area contributed by atoms with Gasteiger partial charge in [-0.05, 0) is 12.8 Å². The number of hydrogen-bond donors (Lipinski definition) is 2. The molecule has 2 aliphatic rings. The molecule has 0 amide bonds. The summed E-state index contributed by atoms with van der Waals surface area (Å²) in [7, 11) is 1.25. The highest BCUT2D eigenvalue weighted by atomic mass is 16.5. The molecule has 1 unspecified atom stereocenters. The fourth-order valence-corrected chi connectivity index (χ4v) is 2.05. The molecule has 76 valence electrons. The second-order valence-corrected chi connectivity index (χ2v) is 3.45. The summed E-state index contributed by atoms with van der Waals surface area (Å²) in [6.07, 6.45) is 1.75. The summed E-state index contributed by atoms with van der Waals surface area (Å²) in [4.78, 5) is 13.0. The quantitative estimate of drug-likeness (QED) is 0.596. The van der Waals surface area contributed by atoms with Gasteiger partial charge in [0, 0.05) is 6.54 Å². The predicted molar refractivity (Wildman–Crippen MR) is 49.1 cm³/mol. The molecule has 14 heavy (non-hydrogen) atoms. The minimum Gasteiger partial charge on any atom is -0.509 e. The molecule has 0 aromatic carbocycles. The van der Waals surface area contributed by atoms with Crippen molar-refractivity contribution < 1.29 is 14.6 Å². The van der Waals surface area contributed by atoms with E-state index >= 15 is 0 Å². The van der Waals surface area contributed by atoms with Gasteiger partial charge >= 0.3 is 5.97 Å². The predicted octanol–water partition coefficient (Wildman–Crippen LogP) is 0.427. The molecule has 0 spiro atoms. The smallest absolute Gasteiger partial charge is 0.345 e. The third kappa shape index (κ3) is 1.01. The molecule has 0 aromatic rings. The number of rotatable bonds is 1. The molecule has 2 heterocycles. The number of nitrogens with one attached hydrogen (secondary N) is 1. The first-order valence-corrected chi connectivity index (χ1v) is 4.54. The van der Waals surface area contributed by atoms with Gasteiger partial charge in [-0.1, -0.05) is 0 Å². The van der Waals surface area contributed by atoms with Crippen LogP contribution in [0.25, 0.3) is 0 Å². The Hall–Kier alpha value is -1.52. The van der Waals surface area contributed by atoms with Crippen LogP contribution in [0, 0.1) is 5.41 Å². The summed E-state index contributed by atoms with van der Waals surface area (Å²) in [6.45, 7) is 0.730. The Morgan fingerprint density at radius 1 is 1.71 bits per heavy atom. The number of ether oxygens (including phenoxy) is 1. The van der Waals surface area contributed by atoms with E-state index in [1.807, 2.05) is 0 Å². The lowest BCUT2D eigenvalue weighted by Crippen LogP contribution is -2.30. The number of aliphatic hydroxyl groups is 1. The third-order valence-electron chi connectivity index (χ3n) is 2.74. The van der Waals surface area contributed by atoms with E-state index < -0.39 is 5.97 Å². The topological polar surface area (TPSA) is 73.6 Å². The number of carbonyl (C=O) groups is 1. The average molecular weight is 196 g/mol. The Morgan fingerprint density at radius 2 is 2.43 bits per heavy atom. The summed E-state index contributed by atoms with van der Waals surface area (Å²) in [5.41, 5.74) is 0.0252. The van der Waals surface area contributed by atoms with Gasteiger partial charge in [0.05, 0.1) is 13.2 Å². The van der Waals surface area contributed by atoms with Crippen molar-refractivity contribution in [3.8, 4) is 0 Å². The Labute approximate surface area is 81.5 Å². The van der Waals surface area contributed by atoms with Crippen LogP contribution in [0.5, 0.6) is 0 Å². The van der Waals surface area contributed by atoms with Crippen molar-refractivity contribution in [2.24, 2.45) is 0 Å². The molecule has 5 nitrogen and oxygen atoms in total. The van der Waals surface area contributed by atoms with Crippen LogP contribution in [-0.4, -0.2) is 41.5 Å². The summed E-state index contributed by atoms with van der Waals surface area (Å²) in [5, 5.41) is 17.4. The number of carbonyl (C=O) groups excluding carboxylic acids is 1. The van der Waals surface area contributed by atoms with Crippen LogP contribution in [0.1, 0.15) is 12.8 Å². The molecule has 1 atom stereocenters. The molecule has 0 aromatic heterocycles. The first kappa shape index (κ1) is 9.05. The standard InChI is InChI=1S/C9H12N2O3/c1-14-9(13)6-7(12)5-3-2-4-11(5)8(6)10/h5,10,12H,2-4H2,1H3. The molecule has 2 rings (SSSR count). The van der Waals surface area contributed by atoms with Gasteiger partial charge in [-0.25, -0.2) is 4.79 Å². The summed E-state index contributed by atoms with van der Waals surface area (Å²) in [5.74, 6) is -0.530. The van der Waals surface area contributed by atoms with Crippen LogP contribution < -0.4 is 0 Å². The fourth-order valence-electron chi connectivity index (χ4n) is 2.05. The normalized spacial score (nSPS) is 25.6. The summed E-state index contributed by atoms with van der Waals surface area (Å²) in [6, 6.07) is -0.170. The lowest BCUT2D eigenvalue weighted by molar-refractivity contribution is -0.135. The van der Waals surface area contributed by atoms with Crippen LogP contribution in [0.15, 0.2) is 11.3 Å². The third-order valence-corrected chi connectivity index (χ3v) is 2.74. The second kappa shape index (κ2) is 3.01. The molecule has 2 aliphatic heterocycles. The van der Waals surface area contributed by atoms with Gasteiger partial charge in [-0.3, -0.25) is 5.41 Å². The van der Waals surface area contributed by atoms with E-state index in [1.54, 1.807) is 4.90 Å². The average Bonchev–Trinajstić information content (AvgIpc) is 2.72. The maximum absolute atomic E-state index is 11.3. The zero-order valence-electron chi connectivity index (χ0n) is 7.91. The molecule has 1 fully saturated rings. The molecule has 0 saturated carbocycles. The summed E-state index contributed by atoms with van der Waals surface area (Å²) >= 11 is 0. The largest absolute Gasteiger partial charge is 0.509 e. The monoisotopic (exact) mass is 196 g/mol. The number of nitrogens with zero attached hydrogens (tertiary/aromatic N) is 1. The maximum Gasteiger partial charge on any atom is 0.345 e. The van der Waals surface area contributed by atoms with Crippen molar-refractivity contribution in [2.75, 3.05) is 13.7 Å². The van der Waals surface area contributed by atoms with Gasteiger partial charge in [-0.2, -0.15) is 0 Å². The Kier molecular flexibility index (Phi) is 1.94. The Morgan fingerprint density at radius 3 is 3.00 bits per heavy atom. The van der Waals surface area contributed by atoms with Crippen molar-refractivity contribution >= 4 is 11.8 Å². The molecule has 0 aliphatic carbocycles. The molecular formula is C9H12N2O3. The lowest BCUT2D eigenvalue weighted by atomic mass is 10.1. The molecule has 2 N–H and O–H groups in total.